The van der Waals surface area contributed by atoms with E-state index < -0.39 is 0 Å². The van der Waals surface area contributed by atoms with Crippen LogP contribution >= 0.6 is 12.2 Å². The van der Waals surface area contributed by atoms with E-state index in [0.717, 1.165) is 45.3 Å². The predicted octanol–water partition coefficient (Wildman–Crippen LogP) is 1.47. The molecule has 2 unspecified atom stereocenters. The average Bonchev–Trinajstić information content (AvgIpc) is 2.89. The summed E-state index contributed by atoms with van der Waals surface area (Å²) in [6.45, 7) is 2.41. The van der Waals surface area contributed by atoms with Gasteiger partial charge in [0.05, 0.1) is 11.1 Å². The van der Waals surface area contributed by atoms with E-state index >= 15 is 0 Å². The van der Waals surface area contributed by atoms with Crippen LogP contribution in [0.5, 0.6) is 0 Å². The second-order valence-corrected chi connectivity index (χ2v) is 5.73. The van der Waals surface area contributed by atoms with Crippen LogP contribution in [0.25, 0.3) is 0 Å². The fraction of sp³-hybridized carbons (Fsp3) is 0.846. The van der Waals surface area contributed by atoms with E-state index in [1.165, 1.54) is 0 Å². The van der Waals surface area contributed by atoms with Gasteiger partial charge in [0.1, 0.15) is 0 Å². The fourth-order valence-electron chi connectivity index (χ4n) is 2.75. The summed E-state index contributed by atoms with van der Waals surface area (Å²) in [6, 6.07) is 0. The number of rotatable bonds is 4. The Hall–Kier alpha value is -0.680. The SMILES string of the molecule is NC(=S)C1CCCN(C(=O)CCC2CCCO2)C1. The number of thiocarbonyl (C=S) groups is 1. The normalized spacial score (nSPS) is 28.3. The zero-order valence-electron chi connectivity index (χ0n) is 10.8. The third-order valence-corrected chi connectivity index (χ3v) is 4.21. The minimum absolute atomic E-state index is 0.209. The van der Waals surface area contributed by atoms with Gasteiger partial charge in [-0.05, 0) is 32.1 Å². The Balaban J connectivity index is 1.75. The number of nitrogens with zero attached hydrogens (tertiary/aromatic N) is 1. The van der Waals surface area contributed by atoms with Gasteiger partial charge in [-0.3, -0.25) is 4.79 Å². The lowest BCUT2D eigenvalue weighted by atomic mass is 9.97. The van der Waals surface area contributed by atoms with Crippen LogP contribution in [0.3, 0.4) is 0 Å². The minimum atomic E-state index is 0.209. The summed E-state index contributed by atoms with van der Waals surface area (Å²) in [5, 5.41) is 0. The summed E-state index contributed by atoms with van der Waals surface area (Å²) >= 11 is 5.03. The molecule has 0 aromatic rings. The zero-order valence-corrected chi connectivity index (χ0v) is 11.6. The van der Waals surface area contributed by atoms with Gasteiger partial charge in [0.25, 0.3) is 0 Å². The third-order valence-electron chi connectivity index (χ3n) is 3.88. The van der Waals surface area contributed by atoms with Crippen LogP contribution in [0.1, 0.15) is 38.5 Å². The molecule has 2 atom stereocenters. The van der Waals surface area contributed by atoms with Crippen molar-refractivity contribution < 1.29 is 9.53 Å². The second-order valence-electron chi connectivity index (χ2n) is 5.25. The van der Waals surface area contributed by atoms with E-state index in [1.54, 1.807) is 0 Å². The van der Waals surface area contributed by atoms with Crippen molar-refractivity contribution in [1.82, 2.24) is 4.90 Å². The second kappa shape index (κ2) is 6.48. The molecule has 0 aromatic heterocycles. The molecule has 2 saturated heterocycles. The van der Waals surface area contributed by atoms with Crippen molar-refractivity contribution in [2.75, 3.05) is 19.7 Å². The van der Waals surface area contributed by atoms with E-state index in [1.807, 2.05) is 4.90 Å². The molecule has 5 heteroatoms. The number of piperidine rings is 1. The van der Waals surface area contributed by atoms with Crippen molar-refractivity contribution in [3.63, 3.8) is 0 Å². The molecule has 2 aliphatic heterocycles. The molecule has 2 fully saturated rings. The molecule has 102 valence electrons. The Morgan fingerprint density at radius 3 is 2.89 bits per heavy atom. The first-order valence-corrected chi connectivity index (χ1v) is 7.26. The molecule has 0 aliphatic carbocycles. The lowest BCUT2D eigenvalue weighted by Crippen LogP contribution is -2.43. The monoisotopic (exact) mass is 270 g/mol. The summed E-state index contributed by atoms with van der Waals surface area (Å²) in [5.74, 6) is 0.437. The lowest BCUT2D eigenvalue weighted by molar-refractivity contribution is -0.133. The van der Waals surface area contributed by atoms with Crippen LogP contribution in [0.15, 0.2) is 0 Å². The Morgan fingerprint density at radius 1 is 1.39 bits per heavy atom. The predicted molar refractivity (Wildman–Crippen MR) is 74.3 cm³/mol. The van der Waals surface area contributed by atoms with Crippen LogP contribution in [-0.4, -0.2) is 41.6 Å². The third kappa shape index (κ3) is 3.65. The minimum Gasteiger partial charge on any atom is -0.393 e. The molecule has 2 N–H and O–H groups in total. The number of carbonyl (C=O) groups is 1. The van der Waals surface area contributed by atoms with E-state index in [-0.39, 0.29) is 11.8 Å². The first kappa shape index (κ1) is 13.7. The van der Waals surface area contributed by atoms with E-state index in [9.17, 15) is 4.79 Å². The van der Waals surface area contributed by atoms with E-state index in [0.29, 0.717) is 24.1 Å². The highest BCUT2D eigenvalue weighted by molar-refractivity contribution is 7.80. The summed E-state index contributed by atoms with van der Waals surface area (Å²) in [7, 11) is 0. The van der Waals surface area contributed by atoms with Gasteiger partial charge in [-0.25, -0.2) is 0 Å². The molecule has 0 bridgehead atoms. The average molecular weight is 270 g/mol. The zero-order chi connectivity index (χ0) is 13.0. The molecule has 2 aliphatic rings. The fourth-order valence-corrected chi connectivity index (χ4v) is 2.94. The van der Waals surface area contributed by atoms with Crippen LogP contribution in [0.2, 0.25) is 0 Å². The van der Waals surface area contributed by atoms with Crippen LogP contribution in [0.4, 0.5) is 0 Å². The quantitative estimate of drug-likeness (QED) is 0.786. The van der Waals surface area contributed by atoms with Crippen LogP contribution < -0.4 is 5.73 Å². The van der Waals surface area contributed by atoms with Crippen molar-refractivity contribution in [3.8, 4) is 0 Å². The summed E-state index contributed by atoms with van der Waals surface area (Å²) in [5.41, 5.74) is 5.68. The highest BCUT2D eigenvalue weighted by atomic mass is 32.1. The first-order valence-electron chi connectivity index (χ1n) is 6.85. The summed E-state index contributed by atoms with van der Waals surface area (Å²) in [6.07, 6.45) is 6.00. The molecule has 1 amide bonds. The van der Waals surface area contributed by atoms with E-state index in [4.69, 9.17) is 22.7 Å². The number of nitrogens with two attached hydrogens (primary N) is 1. The van der Waals surface area contributed by atoms with E-state index in [2.05, 4.69) is 0 Å². The molecule has 4 nitrogen and oxygen atoms in total. The molecule has 18 heavy (non-hydrogen) atoms. The number of hydrogen-bond acceptors (Lipinski definition) is 3. The molecule has 0 spiro atoms. The number of ether oxygens (including phenoxy) is 1. The number of hydrogen-bond donors (Lipinski definition) is 1. The van der Waals surface area contributed by atoms with Crippen LogP contribution in [-0.2, 0) is 9.53 Å². The Kier molecular flexibility index (Phi) is 4.95. The van der Waals surface area contributed by atoms with Gasteiger partial charge >= 0.3 is 0 Å². The standard InChI is InChI=1S/C13H22N2O2S/c14-13(18)10-3-1-7-15(9-10)12(16)6-5-11-4-2-8-17-11/h10-11H,1-9H2,(H2,14,18). The van der Waals surface area contributed by atoms with Crippen molar-refractivity contribution in [3.05, 3.63) is 0 Å². The van der Waals surface area contributed by atoms with Gasteiger partial charge in [0.15, 0.2) is 0 Å². The highest BCUT2D eigenvalue weighted by Gasteiger charge is 2.26. The van der Waals surface area contributed by atoms with Gasteiger partial charge in [0, 0.05) is 32.0 Å². The number of amides is 1. The Bertz CT molecular complexity index is 316. The highest BCUT2D eigenvalue weighted by Crippen LogP contribution is 2.20. The van der Waals surface area contributed by atoms with Gasteiger partial charge in [-0.15, -0.1) is 0 Å². The number of carbonyl (C=O) groups excluding carboxylic acids is 1. The lowest BCUT2D eigenvalue weighted by Gasteiger charge is -2.32. The molecular formula is C13H22N2O2S. The molecule has 2 rings (SSSR count). The molecule has 0 saturated carbocycles. The Morgan fingerprint density at radius 2 is 2.22 bits per heavy atom. The summed E-state index contributed by atoms with van der Waals surface area (Å²) < 4.78 is 5.54. The molecular weight excluding hydrogens is 248 g/mol. The molecule has 2 heterocycles. The van der Waals surface area contributed by atoms with Gasteiger partial charge < -0.3 is 15.4 Å². The van der Waals surface area contributed by atoms with Crippen molar-refractivity contribution in [2.45, 2.75) is 44.6 Å². The van der Waals surface area contributed by atoms with Gasteiger partial charge in [-0.1, -0.05) is 12.2 Å². The summed E-state index contributed by atoms with van der Waals surface area (Å²) in [4.78, 5) is 14.6. The first-order chi connectivity index (χ1) is 8.66. The number of likely N-dealkylation sites (tertiary alicyclic amines) is 1. The topological polar surface area (TPSA) is 55.6 Å². The van der Waals surface area contributed by atoms with Gasteiger partial charge in [-0.2, -0.15) is 0 Å². The molecule has 0 radical (unpaired) electrons. The van der Waals surface area contributed by atoms with Crippen molar-refractivity contribution in [2.24, 2.45) is 11.7 Å². The maximum atomic E-state index is 12.1. The smallest absolute Gasteiger partial charge is 0.222 e. The molecule has 0 aromatic carbocycles. The Labute approximate surface area is 114 Å². The van der Waals surface area contributed by atoms with Crippen LogP contribution in [0, 0.1) is 5.92 Å². The maximum absolute atomic E-state index is 12.1. The van der Waals surface area contributed by atoms with Gasteiger partial charge in [0.2, 0.25) is 5.91 Å². The van der Waals surface area contributed by atoms with Crippen molar-refractivity contribution in [1.29, 1.82) is 0 Å². The largest absolute Gasteiger partial charge is 0.393 e. The van der Waals surface area contributed by atoms with Crippen molar-refractivity contribution >= 4 is 23.1 Å². The maximum Gasteiger partial charge on any atom is 0.222 e.